The highest BCUT2D eigenvalue weighted by Crippen LogP contribution is 2.05. The first kappa shape index (κ1) is 12.6. The molecule has 18 heavy (non-hydrogen) atoms. The summed E-state index contributed by atoms with van der Waals surface area (Å²) in [6.07, 6.45) is 6.75. The van der Waals surface area contributed by atoms with Gasteiger partial charge in [-0.15, -0.1) is 0 Å². The standard InChI is InChI=1S/C15H18N2O/c1-2-6-14-11-17(12-16-14)15(18)10-9-13-7-4-3-5-8-13/h3-5,7-8,11-12H,2,6,9-10H2,1H3. The van der Waals surface area contributed by atoms with Crippen LogP contribution in [0.15, 0.2) is 42.9 Å². The molecule has 1 aromatic carbocycles. The molecule has 0 fully saturated rings. The average molecular weight is 242 g/mol. The SMILES string of the molecule is CCCc1cn(C(=O)CCc2ccccc2)cn1. The number of hydrogen-bond donors (Lipinski definition) is 0. The van der Waals surface area contributed by atoms with Crippen molar-refractivity contribution in [3.05, 3.63) is 54.1 Å². The van der Waals surface area contributed by atoms with Gasteiger partial charge < -0.3 is 0 Å². The lowest BCUT2D eigenvalue weighted by atomic mass is 10.1. The summed E-state index contributed by atoms with van der Waals surface area (Å²) >= 11 is 0. The highest BCUT2D eigenvalue weighted by atomic mass is 16.2. The maximum absolute atomic E-state index is 12.0. The Balaban J connectivity index is 1.91. The van der Waals surface area contributed by atoms with E-state index < -0.39 is 0 Å². The molecule has 0 bridgehead atoms. The predicted molar refractivity (Wildman–Crippen MR) is 71.6 cm³/mol. The third-order valence-electron chi connectivity index (χ3n) is 2.90. The number of aryl methyl sites for hydroxylation is 2. The number of imidazole rings is 1. The molecule has 3 nitrogen and oxygen atoms in total. The summed E-state index contributed by atoms with van der Waals surface area (Å²) in [7, 11) is 0. The Morgan fingerprint density at radius 1 is 1.22 bits per heavy atom. The van der Waals surface area contributed by atoms with Gasteiger partial charge in [-0.1, -0.05) is 43.7 Å². The van der Waals surface area contributed by atoms with Crippen LogP contribution in [0.5, 0.6) is 0 Å². The number of hydrogen-bond acceptors (Lipinski definition) is 2. The minimum Gasteiger partial charge on any atom is -0.276 e. The molecule has 2 aromatic rings. The zero-order chi connectivity index (χ0) is 12.8. The molecule has 94 valence electrons. The van der Waals surface area contributed by atoms with Gasteiger partial charge in [-0.05, 0) is 18.4 Å². The molecule has 0 spiro atoms. The van der Waals surface area contributed by atoms with Crippen molar-refractivity contribution in [2.45, 2.75) is 32.6 Å². The largest absolute Gasteiger partial charge is 0.276 e. The van der Waals surface area contributed by atoms with E-state index in [1.165, 1.54) is 5.56 Å². The summed E-state index contributed by atoms with van der Waals surface area (Å²) in [5, 5.41) is 0. The molecule has 1 aromatic heterocycles. The van der Waals surface area contributed by atoms with Crippen molar-refractivity contribution in [1.29, 1.82) is 0 Å². The summed E-state index contributed by atoms with van der Waals surface area (Å²) < 4.78 is 1.61. The van der Waals surface area contributed by atoms with Gasteiger partial charge in [-0.3, -0.25) is 9.36 Å². The fraction of sp³-hybridized carbons (Fsp3) is 0.333. The van der Waals surface area contributed by atoms with Crippen LogP contribution < -0.4 is 0 Å². The van der Waals surface area contributed by atoms with E-state index in [0.29, 0.717) is 6.42 Å². The zero-order valence-electron chi connectivity index (χ0n) is 10.7. The van der Waals surface area contributed by atoms with E-state index in [-0.39, 0.29) is 5.91 Å². The summed E-state index contributed by atoms with van der Waals surface area (Å²) in [6, 6.07) is 10.1. The molecule has 0 N–H and O–H groups in total. The molecule has 1 heterocycles. The third kappa shape index (κ3) is 3.29. The summed E-state index contributed by atoms with van der Waals surface area (Å²) in [5.41, 5.74) is 2.19. The van der Waals surface area contributed by atoms with Crippen LogP contribution in [0.1, 0.15) is 35.8 Å². The number of carbonyl (C=O) groups is 1. The van der Waals surface area contributed by atoms with E-state index in [1.54, 1.807) is 10.9 Å². The number of nitrogens with zero attached hydrogens (tertiary/aromatic N) is 2. The van der Waals surface area contributed by atoms with Gasteiger partial charge in [-0.2, -0.15) is 0 Å². The second-order valence-corrected chi connectivity index (χ2v) is 4.40. The Morgan fingerprint density at radius 2 is 2.00 bits per heavy atom. The Bertz CT molecular complexity index is 502. The van der Waals surface area contributed by atoms with E-state index in [2.05, 4.69) is 11.9 Å². The van der Waals surface area contributed by atoms with E-state index >= 15 is 0 Å². The predicted octanol–water partition coefficient (Wildman–Crippen LogP) is 3.11. The molecule has 0 radical (unpaired) electrons. The van der Waals surface area contributed by atoms with Crippen LogP contribution in [0.2, 0.25) is 0 Å². The van der Waals surface area contributed by atoms with Crippen LogP contribution in [0.4, 0.5) is 0 Å². The molecule has 0 saturated carbocycles. The lowest BCUT2D eigenvalue weighted by Gasteiger charge is -2.01. The fourth-order valence-electron chi connectivity index (χ4n) is 1.91. The summed E-state index contributed by atoms with van der Waals surface area (Å²) in [6.45, 7) is 2.11. The molecule has 0 aliphatic heterocycles. The van der Waals surface area contributed by atoms with Crippen molar-refractivity contribution in [3.8, 4) is 0 Å². The molecular weight excluding hydrogens is 224 g/mol. The number of aromatic nitrogens is 2. The van der Waals surface area contributed by atoms with Crippen molar-refractivity contribution in [3.63, 3.8) is 0 Å². The fourth-order valence-corrected chi connectivity index (χ4v) is 1.91. The number of benzene rings is 1. The van der Waals surface area contributed by atoms with Crippen molar-refractivity contribution in [1.82, 2.24) is 9.55 Å². The summed E-state index contributed by atoms with van der Waals surface area (Å²) in [5.74, 6) is 0.105. The first-order chi connectivity index (χ1) is 8.79. The molecular formula is C15H18N2O. The second-order valence-electron chi connectivity index (χ2n) is 4.40. The minimum atomic E-state index is 0.105. The minimum absolute atomic E-state index is 0.105. The van der Waals surface area contributed by atoms with Gasteiger partial charge in [0, 0.05) is 12.6 Å². The Labute approximate surface area is 107 Å². The highest BCUT2D eigenvalue weighted by molar-refractivity contribution is 5.78. The monoisotopic (exact) mass is 242 g/mol. The van der Waals surface area contributed by atoms with E-state index in [9.17, 15) is 4.79 Å². The van der Waals surface area contributed by atoms with Crippen LogP contribution >= 0.6 is 0 Å². The van der Waals surface area contributed by atoms with Gasteiger partial charge in [0.1, 0.15) is 6.33 Å². The smallest absolute Gasteiger partial charge is 0.232 e. The van der Waals surface area contributed by atoms with Gasteiger partial charge >= 0.3 is 0 Å². The third-order valence-corrected chi connectivity index (χ3v) is 2.90. The zero-order valence-corrected chi connectivity index (χ0v) is 10.7. The van der Waals surface area contributed by atoms with Crippen LogP contribution in [-0.4, -0.2) is 15.5 Å². The maximum atomic E-state index is 12.0. The van der Waals surface area contributed by atoms with Crippen LogP contribution in [0.25, 0.3) is 0 Å². The quantitative estimate of drug-likeness (QED) is 0.807. The lowest BCUT2D eigenvalue weighted by molar-refractivity contribution is 0.0902. The lowest BCUT2D eigenvalue weighted by Crippen LogP contribution is -2.09. The average Bonchev–Trinajstić information content (AvgIpc) is 2.86. The Kier molecular flexibility index (Phi) is 4.29. The summed E-state index contributed by atoms with van der Waals surface area (Å²) in [4.78, 5) is 16.2. The molecule has 0 amide bonds. The Hall–Kier alpha value is -1.90. The molecule has 0 unspecified atom stereocenters. The van der Waals surface area contributed by atoms with E-state index in [1.807, 2.05) is 36.5 Å². The van der Waals surface area contributed by atoms with Gasteiger partial charge in [0.2, 0.25) is 5.91 Å². The second kappa shape index (κ2) is 6.15. The Morgan fingerprint density at radius 3 is 2.72 bits per heavy atom. The van der Waals surface area contributed by atoms with Crippen molar-refractivity contribution < 1.29 is 4.79 Å². The van der Waals surface area contributed by atoms with Crippen molar-refractivity contribution in [2.75, 3.05) is 0 Å². The molecule has 0 aliphatic rings. The topological polar surface area (TPSA) is 34.9 Å². The van der Waals surface area contributed by atoms with Crippen LogP contribution in [0, 0.1) is 0 Å². The molecule has 0 atom stereocenters. The first-order valence-electron chi connectivity index (χ1n) is 6.39. The molecule has 0 saturated heterocycles. The molecule has 2 rings (SSSR count). The van der Waals surface area contributed by atoms with E-state index in [4.69, 9.17) is 0 Å². The van der Waals surface area contributed by atoms with Gasteiger partial charge in [0.25, 0.3) is 0 Å². The van der Waals surface area contributed by atoms with E-state index in [0.717, 1.165) is 25.0 Å². The van der Waals surface area contributed by atoms with Crippen molar-refractivity contribution in [2.24, 2.45) is 0 Å². The van der Waals surface area contributed by atoms with Crippen LogP contribution in [0.3, 0.4) is 0 Å². The number of carbonyl (C=O) groups excluding carboxylic acids is 1. The van der Waals surface area contributed by atoms with Gasteiger partial charge in [-0.25, -0.2) is 4.98 Å². The number of rotatable bonds is 5. The highest BCUT2D eigenvalue weighted by Gasteiger charge is 2.06. The normalized spacial score (nSPS) is 10.5. The molecule has 0 aliphatic carbocycles. The van der Waals surface area contributed by atoms with Gasteiger partial charge in [0.05, 0.1) is 5.69 Å². The maximum Gasteiger partial charge on any atom is 0.232 e. The van der Waals surface area contributed by atoms with Gasteiger partial charge in [0.15, 0.2) is 0 Å². The first-order valence-corrected chi connectivity index (χ1v) is 6.39. The molecule has 3 heteroatoms. The van der Waals surface area contributed by atoms with Crippen LogP contribution in [-0.2, 0) is 12.8 Å². The van der Waals surface area contributed by atoms with Crippen molar-refractivity contribution >= 4 is 5.91 Å².